The molecular weight excluding hydrogens is 710 g/mol. The van der Waals surface area contributed by atoms with Crippen molar-refractivity contribution in [1.82, 2.24) is 19.9 Å². The lowest BCUT2D eigenvalue weighted by molar-refractivity contribution is -0.385. The van der Waals surface area contributed by atoms with E-state index >= 15 is 0 Å². The number of nitro benzene ring substituents is 2. The standard InChI is InChI=1S/C35H36ClN9O8/c1-20(2)37-33-30(34(42-25-12-50-14-26(42)15-51-13-25)41-32(40-33)22-5-9-24(10-6-22)45(48)49)35-18-52-16-27(17-53-19-35)43(35)29-11-28(36)38-31(39-29)21-3-7-23(8-4-21)44(46)47/h3-11,20,25-27H,12-19H2,1-2H3,(H,37,40,41). The molecule has 276 valence electrons. The Balaban J connectivity index is 1.35. The van der Waals surface area contributed by atoms with Crippen LogP contribution in [0.5, 0.6) is 0 Å². The quantitative estimate of drug-likeness (QED) is 0.142. The van der Waals surface area contributed by atoms with Crippen LogP contribution in [0.3, 0.4) is 0 Å². The summed E-state index contributed by atoms with van der Waals surface area (Å²) in [5.41, 5.74) is 0.756. The number of morpholine rings is 4. The number of fused-ring (bicyclic) bond motifs is 4. The van der Waals surface area contributed by atoms with Crippen molar-refractivity contribution in [2.45, 2.75) is 43.6 Å². The molecule has 4 fully saturated rings. The Labute approximate surface area is 308 Å². The van der Waals surface area contributed by atoms with Crippen molar-refractivity contribution in [3.05, 3.63) is 85.5 Å². The summed E-state index contributed by atoms with van der Waals surface area (Å²) in [6.45, 7) is 6.79. The molecule has 17 nitrogen and oxygen atoms in total. The normalized spacial score (nSPS) is 23.9. The van der Waals surface area contributed by atoms with Gasteiger partial charge >= 0.3 is 0 Å². The van der Waals surface area contributed by atoms with Gasteiger partial charge in [0, 0.05) is 47.5 Å². The predicted molar refractivity (Wildman–Crippen MR) is 193 cm³/mol. The minimum absolute atomic E-state index is 0.0399. The second-order valence-electron chi connectivity index (χ2n) is 13.7. The number of non-ortho nitro benzene ring substituents is 2. The number of nitrogens with zero attached hydrogens (tertiary/aromatic N) is 8. The Hall–Kier alpha value is -5.07. The number of anilines is 3. The van der Waals surface area contributed by atoms with Crippen LogP contribution in [0.25, 0.3) is 22.8 Å². The molecule has 0 atom stereocenters. The molecule has 4 saturated heterocycles. The molecule has 0 amide bonds. The van der Waals surface area contributed by atoms with Gasteiger partial charge in [-0.1, -0.05) is 11.6 Å². The van der Waals surface area contributed by atoms with Crippen LogP contribution in [0.1, 0.15) is 19.4 Å². The Morgan fingerprint density at radius 3 is 1.77 bits per heavy atom. The molecule has 0 spiro atoms. The number of nitrogens with one attached hydrogen (secondary N) is 1. The summed E-state index contributed by atoms with van der Waals surface area (Å²) in [7, 11) is 0. The van der Waals surface area contributed by atoms with Gasteiger partial charge in [0.05, 0.1) is 86.4 Å². The average molecular weight is 746 g/mol. The molecule has 8 rings (SSSR count). The number of ether oxygens (including phenoxy) is 4. The van der Waals surface area contributed by atoms with Crippen molar-refractivity contribution in [3.8, 4) is 22.8 Å². The van der Waals surface area contributed by atoms with Gasteiger partial charge in [-0.2, -0.15) is 0 Å². The average Bonchev–Trinajstić information content (AvgIpc) is 3.13. The van der Waals surface area contributed by atoms with Gasteiger partial charge in [-0.3, -0.25) is 20.2 Å². The number of halogens is 1. The van der Waals surface area contributed by atoms with E-state index in [-0.39, 0.29) is 53.9 Å². The zero-order valence-electron chi connectivity index (χ0n) is 28.9. The maximum Gasteiger partial charge on any atom is 0.269 e. The smallest absolute Gasteiger partial charge is 0.269 e. The first kappa shape index (κ1) is 35.0. The van der Waals surface area contributed by atoms with Crippen LogP contribution in [0.2, 0.25) is 5.15 Å². The van der Waals surface area contributed by atoms with Gasteiger partial charge in [-0.05, 0) is 38.1 Å². The molecule has 6 heterocycles. The molecule has 53 heavy (non-hydrogen) atoms. The first-order valence-corrected chi connectivity index (χ1v) is 17.6. The Morgan fingerprint density at radius 1 is 0.755 bits per heavy atom. The van der Waals surface area contributed by atoms with E-state index in [1.165, 1.54) is 24.3 Å². The van der Waals surface area contributed by atoms with E-state index in [2.05, 4.69) is 20.1 Å². The third-order valence-corrected chi connectivity index (χ3v) is 9.98. The molecule has 2 aromatic carbocycles. The molecule has 18 heteroatoms. The van der Waals surface area contributed by atoms with Crippen LogP contribution in [-0.4, -0.2) is 107 Å². The lowest BCUT2D eigenvalue weighted by Gasteiger charge is -2.56. The third kappa shape index (κ3) is 6.48. The van der Waals surface area contributed by atoms with Gasteiger partial charge in [0.2, 0.25) is 0 Å². The SMILES string of the molecule is CC(C)Nc1nc(-c2ccc([N+](=O)[O-])cc2)nc(N2C3COCC2COC3)c1C12COCC(COC1)N2c1cc(Cl)nc(-c2ccc([N+](=O)[O-])cc2)n1. The summed E-state index contributed by atoms with van der Waals surface area (Å²) in [5.74, 6) is 2.37. The lowest BCUT2D eigenvalue weighted by atomic mass is 9.84. The number of rotatable bonds is 9. The number of hydrogen-bond acceptors (Lipinski definition) is 15. The van der Waals surface area contributed by atoms with E-state index in [1.54, 1.807) is 30.3 Å². The number of aromatic nitrogens is 4. The highest BCUT2D eigenvalue weighted by Gasteiger charge is 2.54. The lowest BCUT2D eigenvalue weighted by Crippen LogP contribution is -2.68. The molecule has 4 bridgehead atoms. The van der Waals surface area contributed by atoms with Crippen molar-refractivity contribution in [1.29, 1.82) is 0 Å². The summed E-state index contributed by atoms with van der Waals surface area (Å²) in [6.07, 6.45) is 0. The zero-order chi connectivity index (χ0) is 36.9. The van der Waals surface area contributed by atoms with Crippen molar-refractivity contribution >= 4 is 40.4 Å². The highest BCUT2D eigenvalue weighted by molar-refractivity contribution is 6.29. The highest BCUT2D eigenvalue weighted by atomic mass is 35.5. The van der Waals surface area contributed by atoms with Crippen LogP contribution in [0.4, 0.5) is 28.8 Å². The van der Waals surface area contributed by atoms with Crippen LogP contribution >= 0.6 is 11.6 Å². The van der Waals surface area contributed by atoms with Gasteiger partial charge in [0.15, 0.2) is 11.6 Å². The molecule has 2 aromatic heterocycles. The molecule has 0 aliphatic carbocycles. The van der Waals surface area contributed by atoms with Gasteiger partial charge in [-0.15, -0.1) is 0 Å². The van der Waals surface area contributed by atoms with Gasteiger partial charge in [0.1, 0.15) is 28.1 Å². The van der Waals surface area contributed by atoms with Crippen LogP contribution in [0.15, 0.2) is 54.6 Å². The minimum Gasteiger partial charge on any atom is -0.377 e. The van der Waals surface area contributed by atoms with Crippen molar-refractivity contribution in [2.75, 3.05) is 68.0 Å². The summed E-state index contributed by atoms with van der Waals surface area (Å²) in [5, 5.41) is 26.6. The maximum absolute atomic E-state index is 11.5. The van der Waals surface area contributed by atoms with Crippen LogP contribution < -0.4 is 15.1 Å². The van der Waals surface area contributed by atoms with Crippen LogP contribution in [0, 0.1) is 20.2 Å². The van der Waals surface area contributed by atoms with E-state index in [4.69, 9.17) is 45.5 Å². The molecule has 0 unspecified atom stereocenters. The molecule has 4 aliphatic heterocycles. The summed E-state index contributed by atoms with van der Waals surface area (Å²) in [6, 6.07) is 13.2. The van der Waals surface area contributed by atoms with Gasteiger partial charge in [-0.25, -0.2) is 19.9 Å². The number of benzene rings is 2. The Bertz CT molecular complexity index is 2010. The second-order valence-corrected chi connectivity index (χ2v) is 14.1. The van der Waals surface area contributed by atoms with Gasteiger partial charge < -0.3 is 34.1 Å². The Kier molecular flexibility index (Phi) is 9.28. The molecule has 1 N–H and O–H groups in total. The summed E-state index contributed by atoms with van der Waals surface area (Å²) >= 11 is 6.72. The third-order valence-electron chi connectivity index (χ3n) is 9.78. The second kappa shape index (κ2) is 14.1. The summed E-state index contributed by atoms with van der Waals surface area (Å²) < 4.78 is 24.8. The van der Waals surface area contributed by atoms with Gasteiger partial charge in [0.25, 0.3) is 11.4 Å². The number of hydrogen-bond donors (Lipinski definition) is 1. The molecule has 0 radical (unpaired) electrons. The highest BCUT2D eigenvalue weighted by Crippen LogP contribution is 2.48. The molecule has 0 saturated carbocycles. The Morgan fingerprint density at radius 2 is 1.26 bits per heavy atom. The predicted octanol–water partition coefficient (Wildman–Crippen LogP) is 4.63. The van der Waals surface area contributed by atoms with Crippen molar-refractivity contribution < 1.29 is 28.8 Å². The largest absolute Gasteiger partial charge is 0.377 e. The van der Waals surface area contributed by atoms with E-state index in [1.807, 2.05) is 13.8 Å². The first-order chi connectivity index (χ1) is 25.6. The fourth-order valence-electron chi connectivity index (χ4n) is 7.56. The van der Waals surface area contributed by atoms with E-state index in [0.717, 1.165) is 5.56 Å². The maximum atomic E-state index is 11.5. The van der Waals surface area contributed by atoms with Crippen LogP contribution in [-0.2, 0) is 24.5 Å². The number of nitro groups is 2. The topological polar surface area (TPSA) is 193 Å². The van der Waals surface area contributed by atoms with E-state index in [9.17, 15) is 20.2 Å². The first-order valence-electron chi connectivity index (χ1n) is 17.2. The molecule has 4 aromatic rings. The zero-order valence-corrected chi connectivity index (χ0v) is 29.6. The molecular formula is C35H36ClN9O8. The fraction of sp³-hybridized carbons (Fsp3) is 0.429. The minimum atomic E-state index is -1.04. The fourth-order valence-corrected chi connectivity index (χ4v) is 7.74. The van der Waals surface area contributed by atoms with Crippen molar-refractivity contribution in [3.63, 3.8) is 0 Å². The van der Waals surface area contributed by atoms with Crippen molar-refractivity contribution in [2.24, 2.45) is 0 Å². The monoisotopic (exact) mass is 745 g/mol. The van der Waals surface area contributed by atoms with E-state index in [0.29, 0.717) is 79.9 Å². The molecule has 4 aliphatic rings. The summed E-state index contributed by atoms with van der Waals surface area (Å²) in [4.78, 5) is 46.3. The van der Waals surface area contributed by atoms with E-state index < -0.39 is 15.4 Å².